The van der Waals surface area contributed by atoms with Crippen molar-refractivity contribution in [2.45, 2.75) is 32.1 Å². The zero-order valence-electron chi connectivity index (χ0n) is 18.8. The number of carbonyl (C=O) groups excluding carboxylic acids is 1. The molecule has 0 bridgehead atoms. The van der Waals surface area contributed by atoms with Crippen LogP contribution in [-0.4, -0.2) is 28.0 Å². The number of aryl methyl sites for hydroxylation is 3. The second-order valence-electron chi connectivity index (χ2n) is 7.51. The Balaban J connectivity index is 2.05. The third-order valence-electron chi connectivity index (χ3n) is 5.23. The van der Waals surface area contributed by atoms with Crippen LogP contribution in [0.15, 0.2) is 71.6 Å². The Labute approximate surface area is 189 Å². The van der Waals surface area contributed by atoms with Gasteiger partial charge in [-0.1, -0.05) is 49.4 Å². The minimum atomic E-state index is -4.02. The number of para-hydroxylation sites is 1. The van der Waals surface area contributed by atoms with Crippen LogP contribution in [0.1, 0.15) is 23.6 Å². The lowest BCUT2D eigenvalue weighted by Gasteiger charge is -2.26. The predicted molar refractivity (Wildman–Crippen MR) is 128 cm³/mol. The molecule has 3 aromatic rings. The van der Waals surface area contributed by atoms with Crippen LogP contribution in [0.5, 0.6) is 5.75 Å². The van der Waals surface area contributed by atoms with Gasteiger partial charge in [0, 0.05) is 5.69 Å². The van der Waals surface area contributed by atoms with Crippen LogP contribution in [0.3, 0.4) is 0 Å². The molecule has 0 unspecified atom stereocenters. The predicted octanol–water partition coefficient (Wildman–Crippen LogP) is 4.71. The molecule has 0 spiro atoms. The van der Waals surface area contributed by atoms with E-state index in [1.165, 1.54) is 19.2 Å². The van der Waals surface area contributed by atoms with E-state index < -0.39 is 22.5 Å². The van der Waals surface area contributed by atoms with Gasteiger partial charge in [-0.15, -0.1) is 0 Å². The van der Waals surface area contributed by atoms with E-state index in [-0.39, 0.29) is 4.90 Å². The summed E-state index contributed by atoms with van der Waals surface area (Å²) in [6, 6.07) is 19.1. The molecular formula is C25H28N2O4S. The number of amides is 1. The number of nitrogens with zero attached hydrogens (tertiary/aromatic N) is 1. The standard InChI is InChI=1S/C25H28N2O4S/c1-5-20-11-9-10-19(3)25(20)26-24(28)17-27(22-16-18(2)14-15-23(22)31-4)32(29,30)21-12-7-6-8-13-21/h6-16H,5,17H2,1-4H3,(H,26,28). The summed E-state index contributed by atoms with van der Waals surface area (Å²) in [5, 5.41) is 2.92. The van der Waals surface area contributed by atoms with E-state index in [4.69, 9.17) is 4.74 Å². The summed E-state index contributed by atoms with van der Waals surface area (Å²) in [7, 11) is -2.55. The van der Waals surface area contributed by atoms with Crippen molar-refractivity contribution in [1.82, 2.24) is 0 Å². The van der Waals surface area contributed by atoms with E-state index in [0.29, 0.717) is 17.1 Å². The highest BCUT2D eigenvalue weighted by Crippen LogP contribution is 2.33. The van der Waals surface area contributed by atoms with Crippen LogP contribution >= 0.6 is 0 Å². The van der Waals surface area contributed by atoms with Crippen LogP contribution in [0.25, 0.3) is 0 Å². The maximum absolute atomic E-state index is 13.6. The van der Waals surface area contributed by atoms with E-state index in [1.54, 1.807) is 30.3 Å². The monoisotopic (exact) mass is 452 g/mol. The zero-order chi connectivity index (χ0) is 23.3. The van der Waals surface area contributed by atoms with Crippen molar-refractivity contribution in [2.75, 3.05) is 23.3 Å². The first kappa shape index (κ1) is 23.3. The fourth-order valence-corrected chi connectivity index (χ4v) is 4.97. The van der Waals surface area contributed by atoms with Crippen LogP contribution in [0.2, 0.25) is 0 Å². The molecule has 0 aliphatic heterocycles. The lowest BCUT2D eigenvalue weighted by Crippen LogP contribution is -2.38. The molecule has 0 aliphatic rings. The lowest BCUT2D eigenvalue weighted by atomic mass is 10.1. The number of methoxy groups -OCH3 is 1. The van der Waals surface area contributed by atoms with Gasteiger partial charge in [-0.3, -0.25) is 9.10 Å². The molecule has 0 radical (unpaired) electrons. The van der Waals surface area contributed by atoms with Crippen molar-refractivity contribution >= 4 is 27.3 Å². The Hall–Kier alpha value is -3.32. The minimum absolute atomic E-state index is 0.0986. The molecule has 3 aromatic carbocycles. The molecule has 32 heavy (non-hydrogen) atoms. The van der Waals surface area contributed by atoms with Crippen molar-refractivity contribution in [3.05, 3.63) is 83.4 Å². The van der Waals surface area contributed by atoms with Gasteiger partial charge >= 0.3 is 0 Å². The number of ether oxygens (including phenoxy) is 1. The lowest BCUT2D eigenvalue weighted by molar-refractivity contribution is -0.114. The van der Waals surface area contributed by atoms with Crippen molar-refractivity contribution < 1.29 is 17.9 Å². The van der Waals surface area contributed by atoms with Crippen molar-refractivity contribution in [2.24, 2.45) is 0 Å². The largest absolute Gasteiger partial charge is 0.495 e. The second kappa shape index (κ2) is 9.87. The van der Waals surface area contributed by atoms with Crippen LogP contribution in [0, 0.1) is 13.8 Å². The third kappa shape index (κ3) is 4.94. The maximum atomic E-state index is 13.6. The van der Waals surface area contributed by atoms with Crippen LogP contribution < -0.4 is 14.4 Å². The number of hydrogen-bond acceptors (Lipinski definition) is 4. The number of benzene rings is 3. The quantitative estimate of drug-likeness (QED) is 0.537. The number of sulfonamides is 1. The molecule has 0 atom stereocenters. The molecule has 0 aliphatic carbocycles. The zero-order valence-corrected chi connectivity index (χ0v) is 19.6. The number of anilines is 2. The highest BCUT2D eigenvalue weighted by atomic mass is 32.2. The van der Waals surface area contributed by atoms with E-state index in [1.807, 2.05) is 45.0 Å². The molecule has 1 amide bonds. The molecule has 0 heterocycles. The van der Waals surface area contributed by atoms with E-state index in [2.05, 4.69) is 5.32 Å². The van der Waals surface area contributed by atoms with Gasteiger partial charge in [0.05, 0.1) is 17.7 Å². The number of nitrogens with one attached hydrogen (secondary N) is 1. The summed E-state index contributed by atoms with van der Waals surface area (Å²) in [6.07, 6.45) is 0.745. The minimum Gasteiger partial charge on any atom is -0.495 e. The summed E-state index contributed by atoms with van der Waals surface area (Å²) < 4.78 is 33.7. The topological polar surface area (TPSA) is 75.7 Å². The van der Waals surface area contributed by atoms with Gasteiger partial charge in [-0.25, -0.2) is 8.42 Å². The van der Waals surface area contributed by atoms with Crippen molar-refractivity contribution in [3.8, 4) is 5.75 Å². The highest BCUT2D eigenvalue weighted by molar-refractivity contribution is 7.92. The molecule has 1 N–H and O–H groups in total. The van der Waals surface area contributed by atoms with Gasteiger partial charge in [-0.2, -0.15) is 0 Å². The van der Waals surface area contributed by atoms with Gasteiger partial charge < -0.3 is 10.1 Å². The SMILES string of the molecule is CCc1cccc(C)c1NC(=O)CN(c1cc(C)ccc1OC)S(=O)(=O)c1ccccc1. The first-order valence-corrected chi connectivity index (χ1v) is 11.8. The van der Waals surface area contributed by atoms with Crippen molar-refractivity contribution in [3.63, 3.8) is 0 Å². The van der Waals surface area contributed by atoms with Gasteiger partial charge in [0.25, 0.3) is 10.0 Å². The Bertz CT molecular complexity index is 1210. The fourth-order valence-electron chi connectivity index (χ4n) is 3.53. The number of rotatable bonds is 8. The number of carbonyl (C=O) groups is 1. The number of hydrogen-bond donors (Lipinski definition) is 1. The summed E-state index contributed by atoms with van der Waals surface area (Å²) in [5.41, 5.74) is 3.79. The third-order valence-corrected chi connectivity index (χ3v) is 7.00. The van der Waals surface area contributed by atoms with Gasteiger partial charge in [0.2, 0.25) is 5.91 Å². The first-order chi connectivity index (χ1) is 15.3. The summed E-state index contributed by atoms with van der Waals surface area (Å²) in [4.78, 5) is 13.2. The Morgan fingerprint density at radius 2 is 1.72 bits per heavy atom. The summed E-state index contributed by atoms with van der Waals surface area (Å²) in [6.45, 7) is 5.39. The van der Waals surface area contributed by atoms with Crippen LogP contribution in [0.4, 0.5) is 11.4 Å². The Kier molecular flexibility index (Phi) is 7.20. The Morgan fingerprint density at radius 1 is 1.00 bits per heavy atom. The van der Waals surface area contributed by atoms with Gasteiger partial charge in [0.15, 0.2) is 0 Å². The molecule has 0 fully saturated rings. The fraction of sp³-hybridized carbons (Fsp3) is 0.240. The van der Waals surface area contributed by atoms with Gasteiger partial charge in [-0.05, 0) is 61.2 Å². The molecule has 0 saturated heterocycles. The normalized spacial score (nSPS) is 11.1. The summed E-state index contributed by atoms with van der Waals surface area (Å²) >= 11 is 0. The highest BCUT2D eigenvalue weighted by Gasteiger charge is 2.29. The molecular weight excluding hydrogens is 424 g/mol. The first-order valence-electron chi connectivity index (χ1n) is 10.4. The molecule has 0 aromatic heterocycles. The molecule has 3 rings (SSSR count). The average Bonchev–Trinajstić information content (AvgIpc) is 2.79. The van der Waals surface area contributed by atoms with E-state index in [9.17, 15) is 13.2 Å². The second-order valence-corrected chi connectivity index (χ2v) is 9.37. The van der Waals surface area contributed by atoms with Gasteiger partial charge in [0.1, 0.15) is 12.3 Å². The van der Waals surface area contributed by atoms with E-state index in [0.717, 1.165) is 27.4 Å². The average molecular weight is 453 g/mol. The molecule has 6 nitrogen and oxygen atoms in total. The molecule has 168 valence electrons. The van der Waals surface area contributed by atoms with Crippen LogP contribution in [-0.2, 0) is 21.2 Å². The molecule has 7 heteroatoms. The van der Waals surface area contributed by atoms with E-state index >= 15 is 0 Å². The summed E-state index contributed by atoms with van der Waals surface area (Å²) in [5.74, 6) is -0.0647. The molecule has 0 saturated carbocycles. The smallest absolute Gasteiger partial charge is 0.264 e. The van der Waals surface area contributed by atoms with Crippen molar-refractivity contribution in [1.29, 1.82) is 0 Å². The Morgan fingerprint density at radius 3 is 2.38 bits per heavy atom. The maximum Gasteiger partial charge on any atom is 0.264 e.